The van der Waals surface area contributed by atoms with E-state index in [0.717, 1.165) is 19.7 Å². The number of hydroxylamine groups is 2. The maximum atomic E-state index is 5.82. The molecule has 2 nitrogen and oxygen atoms in total. The van der Waals surface area contributed by atoms with Gasteiger partial charge in [0.1, 0.15) is 0 Å². The van der Waals surface area contributed by atoms with Crippen LogP contribution in [-0.4, -0.2) is 24.8 Å². The molecule has 0 saturated carbocycles. The Labute approximate surface area is 88.6 Å². The average Bonchev–Trinajstić information content (AvgIpc) is 2.16. The summed E-state index contributed by atoms with van der Waals surface area (Å²) < 4.78 is 0. The topological polar surface area (TPSA) is 12.5 Å². The molecule has 0 aliphatic carbocycles. The van der Waals surface area contributed by atoms with Crippen LogP contribution in [0.3, 0.4) is 0 Å². The smallest absolute Gasteiger partial charge is 0.0741 e. The van der Waals surface area contributed by atoms with Crippen molar-refractivity contribution >= 4 is 0 Å². The Hall–Kier alpha value is -0.0800. The molecule has 0 spiro atoms. The predicted octanol–water partition coefficient (Wildman–Crippen LogP) is 3.04. The molecule has 14 heavy (non-hydrogen) atoms. The fraction of sp³-hybridized carbons (Fsp3) is 0.917. The first kappa shape index (κ1) is 12.0. The van der Waals surface area contributed by atoms with Crippen molar-refractivity contribution in [3.05, 3.63) is 5.92 Å². The maximum Gasteiger partial charge on any atom is 0.0741 e. The molecule has 0 amide bonds. The summed E-state index contributed by atoms with van der Waals surface area (Å²) in [6, 6.07) is 0. The Bertz CT molecular complexity index is 160. The van der Waals surface area contributed by atoms with Crippen LogP contribution in [0.5, 0.6) is 0 Å². The predicted molar refractivity (Wildman–Crippen MR) is 59.7 cm³/mol. The lowest BCUT2D eigenvalue weighted by atomic mass is 9.82. The molecule has 0 aromatic rings. The SMILES string of the molecule is C[C](C)C(C)(C)CON1CCCCC1. The third-order valence-electron chi connectivity index (χ3n) is 3.28. The summed E-state index contributed by atoms with van der Waals surface area (Å²) in [7, 11) is 0. The van der Waals surface area contributed by atoms with Crippen molar-refractivity contribution in [2.24, 2.45) is 5.41 Å². The Balaban J connectivity index is 2.24. The Morgan fingerprint density at radius 1 is 1.14 bits per heavy atom. The Morgan fingerprint density at radius 3 is 2.21 bits per heavy atom. The summed E-state index contributed by atoms with van der Waals surface area (Å²) >= 11 is 0. The van der Waals surface area contributed by atoms with Crippen LogP contribution >= 0.6 is 0 Å². The number of rotatable bonds is 4. The molecule has 1 rings (SSSR count). The van der Waals surface area contributed by atoms with Crippen LogP contribution in [0, 0.1) is 11.3 Å². The molecule has 0 aromatic carbocycles. The fourth-order valence-corrected chi connectivity index (χ4v) is 1.39. The molecule has 0 N–H and O–H groups in total. The van der Waals surface area contributed by atoms with Crippen molar-refractivity contribution in [1.82, 2.24) is 5.06 Å². The summed E-state index contributed by atoms with van der Waals surface area (Å²) in [5, 5.41) is 2.13. The van der Waals surface area contributed by atoms with E-state index in [1.165, 1.54) is 25.2 Å². The molecule has 0 aromatic heterocycles. The number of piperidine rings is 1. The standard InChI is InChI=1S/C12H24NO/c1-11(2)12(3,4)10-14-13-8-6-5-7-9-13/h5-10H2,1-4H3. The van der Waals surface area contributed by atoms with Crippen molar-refractivity contribution in [1.29, 1.82) is 0 Å². The van der Waals surface area contributed by atoms with E-state index >= 15 is 0 Å². The van der Waals surface area contributed by atoms with Gasteiger partial charge in [0.2, 0.25) is 0 Å². The third-order valence-corrected chi connectivity index (χ3v) is 3.28. The van der Waals surface area contributed by atoms with E-state index in [2.05, 4.69) is 32.8 Å². The van der Waals surface area contributed by atoms with Gasteiger partial charge in [-0.15, -0.1) is 0 Å². The van der Waals surface area contributed by atoms with Crippen molar-refractivity contribution in [3.8, 4) is 0 Å². The molecule has 1 saturated heterocycles. The van der Waals surface area contributed by atoms with Gasteiger partial charge in [0.05, 0.1) is 6.61 Å². The van der Waals surface area contributed by atoms with E-state index in [9.17, 15) is 0 Å². The second-order valence-electron chi connectivity index (χ2n) is 5.15. The lowest BCUT2D eigenvalue weighted by Crippen LogP contribution is -2.35. The van der Waals surface area contributed by atoms with Crippen molar-refractivity contribution in [2.75, 3.05) is 19.7 Å². The summed E-state index contributed by atoms with van der Waals surface area (Å²) in [4.78, 5) is 5.82. The van der Waals surface area contributed by atoms with Gasteiger partial charge >= 0.3 is 0 Å². The number of nitrogens with zero attached hydrogens (tertiary/aromatic N) is 1. The van der Waals surface area contributed by atoms with Crippen LogP contribution in [-0.2, 0) is 4.84 Å². The van der Waals surface area contributed by atoms with Crippen LogP contribution in [0.1, 0.15) is 47.0 Å². The first-order valence-corrected chi connectivity index (χ1v) is 5.71. The van der Waals surface area contributed by atoms with Crippen molar-refractivity contribution in [2.45, 2.75) is 47.0 Å². The molecule has 1 heterocycles. The summed E-state index contributed by atoms with van der Waals surface area (Å²) in [6.45, 7) is 11.9. The molecular weight excluding hydrogens is 174 g/mol. The first-order valence-electron chi connectivity index (χ1n) is 5.71. The molecular formula is C12H24NO. The highest BCUT2D eigenvalue weighted by Crippen LogP contribution is 2.28. The minimum atomic E-state index is 0.206. The number of hydrogen-bond donors (Lipinski definition) is 0. The van der Waals surface area contributed by atoms with Crippen LogP contribution in [0.25, 0.3) is 0 Å². The van der Waals surface area contributed by atoms with E-state index < -0.39 is 0 Å². The largest absolute Gasteiger partial charge is 0.298 e. The highest BCUT2D eigenvalue weighted by Gasteiger charge is 2.24. The van der Waals surface area contributed by atoms with Gasteiger partial charge in [0, 0.05) is 13.1 Å². The minimum absolute atomic E-state index is 0.206. The molecule has 2 heteroatoms. The lowest BCUT2D eigenvalue weighted by Gasteiger charge is -2.33. The van der Waals surface area contributed by atoms with Gasteiger partial charge in [-0.05, 0) is 24.2 Å². The van der Waals surface area contributed by atoms with Crippen LogP contribution < -0.4 is 0 Å². The molecule has 0 atom stereocenters. The van der Waals surface area contributed by atoms with E-state index in [1.807, 2.05) is 0 Å². The van der Waals surface area contributed by atoms with Gasteiger partial charge in [0.25, 0.3) is 0 Å². The van der Waals surface area contributed by atoms with E-state index in [4.69, 9.17) is 4.84 Å². The molecule has 0 unspecified atom stereocenters. The van der Waals surface area contributed by atoms with E-state index in [-0.39, 0.29) is 5.41 Å². The number of hydrogen-bond acceptors (Lipinski definition) is 2. The van der Waals surface area contributed by atoms with Crippen molar-refractivity contribution < 1.29 is 4.84 Å². The molecule has 1 radical (unpaired) electrons. The Kier molecular flexibility index (Phi) is 4.39. The van der Waals surface area contributed by atoms with Gasteiger partial charge in [-0.25, -0.2) is 0 Å². The Morgan fingerprint density at radius 2 is 1.71 bits per heavy atom. The van der Waals surface area contributed by atoms with E-state index in [1.54, 1.807) is 0 Å². The van der Waals surface area contributed by atoms with Crippen LogP contribution in [0.4, 0.5) is 0 Å². The highest BCUT2D eigenvalue weighted by molar-refractivity contribution is 4.94. The zero-order valence-electron chi connectivity index (χ0n) is 10.1. The minimum Gasteiger partial charge on any atom is -0.298 e. The van der Waals surface area contributed by atoms with Gasteiger partial charge < -0.3 is 0 Å². The molecule has 1 aliphatic rings. The van der Waals surface area contributed by atoms with Gasteiger partial charge in [-0.3, -0.25) is 4.84 Å². The summed E-state index contributed by atoms with van der Waals surface area (Å²) in [5.41, 5.74) is 0.206. The maximum absolute atomic E-state index is 5.82. The lowest BCUT2D eigenvalue weighted by molar-refractivity contribution is -0.186. The second-order valence-corrected chi connectivity index (χ2v) is 5.15. The zero-order chi connectivity index (χ0) is 10.6. The second kappa shape index (κ2) is 5.13. The molecule has 1 aliphatic heterocycles. The molecule has 1 fully saturated rings. The highest BCUT2D eigenvalue weighted by atomic mass is 16.7. The van der Waals surface area contributed by atoms with E-state index in [0.29, 0.717) is 0 Å². The fourth-order valence-electron chi connectivity index (χ4n) is 1.39. The zero-order valence-corrected chi connectivity index (χ0v) is 10.1. The van der Waals surface area contributed by atoms with Crippen molar-refractivity contribution in [3.63, 3.8) is 0 Å². The summed E-state index contributed by atoms with van der Waals surface area (Å²) in [5.74, 6) is 1.44. The van der Waals surface area contributed by atoms with Gasteiger partial charge in [-0.2, -0.15) is 5.06 Å². The molecule has 0 bridgehead atoms. The normalized spacial score (nSPS) is 20.4. The monoisotopic (exact) mass is 198 g/mol. The van der Waals surface area contributed by atoms with Crippen LogP contribution in [0.2, 0.25) is 0 Å². The molecule has 83 valence electrons. The van der Waals surface area contributed by atoms with Gasteiger partial charge in [0.15, 0.2) is 0 Å². The average molecular weight is 198 g/mol. The quantitative estimate of drug-likeness (QED) is 0.688. The third kappa shape index (κ3) is 3.58. The van der Waals surface area contributed by atoms with Crippen LogP contribution in [0.15, 0.2) is 0 Å². The van der Waals surface area contributed by atoms with Gasteiger partial charge in [-0.1, -0.05) is 34.1 Å². The first-order chi connectivity index (χ1) is 6.52. The summed E-state index contributed by atoms with van der Waals surface area (Å²) in [6.07, 6.45) is 3.94.